The van der Waals surface area contributed by atoms with Crippen LogP contribution < -0.4 is 0 Å². The maximum atomic E-state index is 11.5. The van der Waals surface area contributed by atoms with Crippen molar-refractivity contribution in [2.24, 2.45) is 0 Å². The lowest BCUT2D eigenvalue weighted by molar-refractivity contribution is -0.144. The van der Waals surface area contributed by atoms with Crippen molar-refractivity contribution in [2.75, 3.05) is 52.4 Å². The summed E-state index contributed by atoms with van der Waals surface area (Å²) in [7, 11) is 0. The van der Waals surface area contributed by atoms with Crippen LogP contribution in [0.2, 0.25) is 0 Å². The van der Waals surface area contributed by atoms with Crippen molar-refractivity contribution in [3.05, 3.63) is 35.4 Å². The summed E-state index contributed by atoms with van der Waals surface area (Å²) in [6.45, 7) is 1.08. The smallest absolute Gasteiger partial charge is 0.317 e. The summed E-state index contributed by atoms with van der Waals surface area (Å²) in [5, 5.41) is 46.3. The molecule has 13 nitrogen and oxygen atoms in total. The standard InChI is InChI=1S/C24H35N3O10/c1-16(2)18-5-3-17(4-6-18)9-19(27(14-23(34)35)15-24(36)37)10-25(11-20(28)29)7-8-26(12-21(30)31)13-22(32)33/h3-6,16,19H,7-15H2,1-2H3,(H,28,29)(H,30,31)(H,32,33)(H,34,35)(H,36,37)/t19-/m0/s1. The zero-order chi connectivity index (χ0) is 28.1. The van der Waals surface area contributed by atoms with Crippen LogP contribution in [0.4, 0.5) is 0 Å². The topological polar surface area (TPSA) is 196 Å². The Balaban J connectivity index is 3.23. The van der Waals surface area contributed by atoms with E-state index in [0.717, 1.165) is 16.0 Å². The van der Waals surface area contributed by atoms with Gasteiger partial charge in [-0.2, -0.15) is 0 Å². The van der Waals surface area contributed by atoms with Crippen LogP contribution in [0.25, 0.3) is 0 Å². The first-order valence-corrected chi connectivity index (χ1v) is 11.6. The molecule has 1 aromatic rings. The lowest BCUT2D eigenvalue weighted by Crippen LogP contribution is -2.51. The lowest BCUT2D eigenvalue weighted by atomic mass is 9.98. The fraction of sp³-hybridized carbons (Fsp3) is 0.542. The number of carboxylic acid groups (broad SMARTS) is 5. The Morgan fingerprint density at radius 2 is 1.05 bits per heavy atom. The van der Waals surface area contributed by atoms with Crippen molar-refractivity contribution in [2.45, 2.75) is 32.2 Å². The molecular weight excluding hydrogens is 490 g/mol. The van der Waals surface area contributed by atoms with Gasteiger partial charge in [-0.15, -0.1) is 0 Å². The summed E-state index contributed by atoms with van der Waals surface area (Å²) in [5.74, 6) is -5.91. The number of rotatable bonds is 19. The van der Waals surface area contributed by atoms with Gasteiger partial charge in [-0.25, -0.2) is 0 Å². The van der Waals surface area contributed by atoms with Crippen molar-refractivity contribution in [1.29, 1.82) is 0 Å². The largest absolute Gasteiger partial charge is 0.480 e. The Bertz CT molecular complexity index is 903. The quantitative estimate of drug-likeness (QED) is 0.163. The fourth-order valence-corrected chi connectivity index (χ4v) is 3.89. The van der Waals surface area contributed by atoms with Crippen LogP contribution in [0.5, 0.6) is 0 Å². The molecule has 0 unspecified atom stereocenters. The van der Waals surface area contributed by atoms with Crippen LogP contribution in [-0.4, -0.2) is 128 Å². The third-order valence-electron chi connectivity index (χ3n) is 5.59. The second kappa shape index (κ2) is 15.5. The van der Waals surface area contributed by atoms with Gasteiger partial charge in [0.25, 0.3) is 0 Å². The third-order valence-corrected chi connectivity index (χ3v) is 5.59. The Morgan fingerprint density at radius 1 is 0.649 bits per heavy atom. The molecule has 13 heteroatoms. The molecular formula is C24H35N3O10. The van der Waals surface area contributed by atoms with Gasteiger partial charge in [0.05, 0.1) is 32.7 Å². The normalized spacial score (nSPS) is 12.3. The van der Waals surface area contributed by atoms with Gasteiger partial charge in [-0.1, -0.05) is 38.1 Å². The molecule has 0 aliphatic rings. The molecule has 0 saturated carbocycles. The number of carboxylic acids is 5. The van der Waals surface area contributed by atoms with Crippen molar-refractivity contribution < 1.29 is 49.5 Å². The van der Waals surface area contributed by atoms with Gasteiger partial charge in [-0.05, 0) is 23.5 Å². The van der Waals surface area contributed by atoms with E-state index in [-0.39, 0.29) is 32.0 Å². The Morgan fingerprint density at radius 3 is 1.46 bits per heavy atom. The molecule has 0 heterocycles. The molecule has 0 bridgehead atoms. The monoisotopic (exact) mass is 525 g/mol. The molecule has 37 heavy (non-hydrogen) atoms. The van der Waals surface area contributed by atoms with Gasteiger partial charge in [-0.3, -0.25) is 38.7 Å². The third kappa shape index (κ3) is 13.4. The van der Waals surface area contributed by atoms with Gasteiger partial charge in [0, 0.05) is 25.7 Å². The predicted octanol–water partition coefficient (Wildman–Crippen LogP) is 0.0501. The van der Waals surface area contributed by atoms with E-state index < -0.39 is 68.6 Å². The van der Waals surface area contributed by atoms with Crippen LogP contribution >= 0.6 is 0 Å². The minimum Gasteiger partial charge on any atom is -0.480 e. The van der Waals surface area contributed by atoms with Crippen molar-refractivity contribution in [1.82, 2.24) is 14.7 Å². The molecule has 0 spiro atoms. The average molecular weight is 526 g/mol. The van der Waals surface area contributed by atoms with Crippen LogP contribution in [0.3, 0.4) is 0 Å². The maximum Gasteiger partial charge on any atom is 0.317 e. The van der Waals surface area contributed by atoms with Crippen LogP contribution in [0, 0.1) is 0 Å². The van der Waals surface area contributed by atoms with Crippen LogP contribution in [0.15, 0.2) is 24.3 Å². The van der Waals surface area contributed by atoms with E-state index in [0.29, 0.717) is 0 Å². The van der Waals surface area contributed by atoms with E-state index in [1.54, 1.807) is 0 Å². The molecule has 1 aromatic carbocycles. The minimum absolute atomic E-state index is 0.0381. The van der Waals surface area contributed by atoms with E-state index in [1.165, 1.54) is 9.80 Å². The van der Waals surface area contributed by atoms with Gasteiger partial charge in [0.2, 0.25) is 0 Å². The highest BCUT2D eigenvalue weighted by Gasteiger charge is 2.27. The molecule has 0 aliphatic carbocycles. The van der Waals surface area contributed by atoms with Crippen LogP contribution in [-0.2, 0) is 30.4 Å². The molecule has 0 amide bonds. The highest BCUT2D eigenvalue weighted by atomic mass is 16.4. The van der Waals surface area contributed by atoms with E-state index in [2.05, 4.69) is 0 Å². The SMILES string of the molecule is CC(C)c1ccc(C[C@@H](CN(CCN(CC(=O)O)CC(=O)O)CC(=O)O)N(CC(=O)O)CC(=O)O)cc1. The summed E-state index contributed by atoms with van der Waals surface area (Å²) in [6, 6.07) is 6.82. The predicted molar refractivity (Wildman–Crippen MR) is 131 cm³/mol. The molecule has 0 aliphatic heterocycles. The second-order valence-corrected chi connectivity index (χ2v) is 9.07. The van der Waals surface area contributed by atoms with Crippen molar-refractivity contribution in [3.63, 3.8) is 0 Å². The summed E-state index contributed by atoms with van der Waals surface area (Å²) in [5.41, 5.74) is 1.88. The zero-order valence-electron chi connectivity index (χ0n) is 20.9. The first-order valence-electron chi connectivity index (χ1n) is 11.6. The van der Waals surface area contributed by atoms with Gasteiger partial charge >= 0.3 is 29.8 Å². The van der Waals surface area contributed by atoms with E-state index in [4.69, 9.17) is 10.2 Å². The van der Waals surface area contributed by atoms with E-state index in [9.17, 15) is 39.3 Å². The average Bonchev–Trinajstić information content (AvgIpc) is 2.75. The number of hydrogen-bond acceptors (Lipinski definition) is 8. The molecule has 0 radical (unpaired) electrons. The van der Waals surface area contributed by atoms with Gasteiger partial charge < -0.3 is 25.5 Å². The second-order valence-electron chi connectivity index (χ2n) is 9.07. The van der Waals surface area contributed by atoms with Gasteiger partial charge in [0.15, 0.2) is 0 Å². The first-order chi connectivity index (χ1) is 17.3. The number of nitrogens with zero attached hydrogens (tertiary/aromatic N) is 3. The highest BCUT2D eigenvalue weighted by molar-refractivity contribution is 5.73. The Hall–Kier alpha value is -3.55. The zero-order valence-corrected chi connectivity index (χ0v) is 20.9. The molecule has 1 atom stereocenters. The van der Waals surface area contributed by atoms with Crippen molar-refractivity contribution >= 4 is 29.8 Å². The Kier molecular flexibility index (Phi) is 13.2. The number of aliphatic carboxylic acids is 5. The molecule has 1 rings (SSSR count). The van der Waals surface area contributed by atoms with E-state index in [1.807, 2.05) is 38.1 Å². The summed E-state index contributed by atoms with van der Waals surface area (Å²) in [6.07, 6.45) is 0.225. The van der Waals surface area contributed by atoms with Gasteiger partial charge in [0.1, 0.15) is 0 Å². The number of benzene rings is 1. The molecule has 206 valence electrons. The molecule has 0 aromatic heterocycles. The molecule has 5 N–H and O–H groups in total. The summed E-state index contributed by atoms with van der Waals surface area (Å²) in [4.78, 5) is 60.5. The Labute approximate surface area is 214 Å². The van der Waals surface area contributed by atoms with Crippen molar-refractivity contribution in [3.8, 4) is 0 Å². The maximum absolute atomic E-state index is 11.5. The lowest BCUT2D eigenvalue weighted by Gasteiger charge is -2.34. The number of hydrogen-bond donors (Lipinski definition) is 5. The highest BCUT2D eigenvalue weighted by Crippen LogP contribution is 2.17. The first kappa shape index (κ1) is 31.5. The summed E-state index contributed by atoms with van der Waals surface area (Å²) < 4.78 is 0. The van der Waals surface area contributed by atoms with Crippen LogP contribution in [0.1, 0.15) is 30.9 Å². The fourth-order valence-electron chi connectivity index (χ4n) is 3.89. The molecule has 0 saturated heterocycles. The molecule has 0 fully saturated rings. The number of carbonyl (C=O) groups is 5. The summed E-state index contributed by atoms with van der Waals surface area (Å²) >= 11 is 0. The van der Waals surface area contributed by atoms with E-state index >= 15 is 0 Å². The minimum atomic E-state index is -1.25.